The number of ether oxygens (including phenoxy) is 1. The number of hydrogen-bond donors (Lipinski definition) is 1. The molecule has 0 radical (unpaired) electrons. The normalized spacial score (nSPS) is 18.6. The van der Waals surface area contributed by atoms with Gasteiger partial charge in [0, 0.05) is 6.92 Å². The molecule has 0 aliphatic carbocycles. The number of aliphatic imine (C=N–C) groups is 1. The Morgan fingerprint density at radius 1 is 1.31 bits per heavy atom. The summed E-state index contributed by atoms with van der Waals surface area (Å²) in [5, 5.41) is 10.5. The van der Waals surface area contributed by atoms with Gasteiger partial charge in [-0.2, -0.15) is 28.3 Å². The Morgan fingerprint density at radius 2 is 1.96 bits per heavy atom. The maximum atomic E-state index is 12.8. The summed E-state index contributed by atoms with van der Waals surface area (Å²) in [5.74, 6) is -1.54. The molecule has 3 rings (SSSR count). The standard InChI is InChI=1S/C15H9F3N4O3S/c1-7(23)25-9-4-2-8(3-5-9)6-10-11(19)22-14(20-12(10)24)26-13(21-22)15(16,17)18/h2-6,19H,1H3/b10-6-,19-11?. The van der Waals surface area contributed by atoms with Crippen LogP contribution in [0.3, 0.4) is 0 Å². The average Bonchev–Trinajstić information content (AvgIpc) is 2.97. The molecule has 11 heteroatoms. The number of rotatable bonds is 2. The van der Waals surface area contributed by atoms with E-state index in [1.165, 1.54) is 37.3 Å². The van der Waals surface area contributed by atoms with Gasteiger partial charge in [0.1, 0.15) is 5.75 Å². The van der Waals surface area contributed by atoms with Crippen molar-refractivity contribution in [2.24, 2.45) is 10.1 Å². The Morgan fingerprint density at radius 3 is 2.54 bits per heavy atom. The Hall–Kier alpha value is -2.95. The molecule has 2 aliphatic rings. The monoisotopic (exact) mass is 382 g/mol. The number of amides is 1. The van der Waals surface area contributed by atoms with Gasteiger partial charge in [0.2, 0.25) is 10.2 Å². The summed E-state index contributed by atoms with van der Waals surface area (Å²) in [6, 6.07) is 6.00. The Bertz CT molecular complexity index is 904. The fourth-order valence-corrected chi connectivity index (χ4v) is 2.83. The van der Waals surface area contributed by atoms with Gasteiger partial charge in [-0.15, -0.1) is 0 Å². The van der Waals surface area contributed by atoms with Gasteiger partial charge in [-0.25, -0.2) is 0 Å². The topological polar surface area (TPSA) is 95.2 Å². The van der Waals surface area contributed by atoms with Gasteiger partial charge >= 0.3 is 12.1 Å². The van der Waals surface area contributed by atoms with Crippen LogP contribution in [0.4, 0.5) is 13.2 Å². The van der Waals surface area contributed by atoms with E-state index >= 15 is 0 Å². The summed E-state index contributed by atoms with van der Waals surface area (Å²) in [6.45, 7) is 1.25. The van der Waals surface area contributed by atoms with E-state index in [0.29, 0.717) is 16.3 Å². The second kappa shape index (κ2) is 6.41. The van der Waals surface area contributed by atoms with Crippen molar-refractivity contribution in [3.63, 3.8) is 0 Å². The minimum Gasteiger partial charge on any atom is -0.427 e. The minimum atomic E-state index is -4.69. The second-order valence-electron chi connectivity index (χ2n) is 5.09. The van der Waals surface area contributed by atoms with Gasteiger partial charge in [0.25, 0.3) is 5.91 Å². The zero-order chi connectivity index (χ0) is 19.1. The molecule has 1 aromatic rings. The highest BCUT2D eigenvalue weighted by Crippen LogP contribution is 2.35. The molecule has 0 atom stereocenters. The van der Waals surface area contributed by atoms with Gasteiger partial charge in [-0.05, 0) is 35.5 Å². The minimum absolute atomic E-state index is 0.189. The van der Waals surface area contributed by atoms with E-state index < -0.39 is 28.9 Å². The quantitative estimate of drug-likeness (QED) is 0.482. The average molecular weight is 382 g/mol. The van der Waals surface area contributed by atoms with Crippen molar-refractivity contribution in [1.82, 2.24) is 5.01 Å². The number of thioether (sulfide) groups is 1. The number of hydrazone groups is 1. The lowest BCUT2D eigenvalue weighted by molar-refractivity contribution is -0.131. The summed E-state index contributed by atoms with van der Waals surface area (Å²) in [4.78, 5) is 26.5. The molecule has 0 unspecified atom stereocenters. The van der Waals surface area contributed by atoms with Crippen LogP contribution in [-0.2, 0) is 9.59 Å². The predicted molar refractivity (Wildman–Crippen MR) is 88.8 cm³/mol. The SMILES string of the molecule is CC(=O)Oc1ccc(/C=C2/C(=N)N3N=C(C(F)(F)F)SC3=NC2=O)cc1. The summed E-state index contributed by atoms with van der Waals surface area (Å²) in [5.41, 5.74) is 0.265. The molecular formula is C15H9F3N4O3S. The first-order valence-electron chi connectivity index (χ1n) is 7.01. The first kappa shape index (κ1) is 17.9. The molecule has 0 saturated carbocycles. The molecule has 0 bridgehead atoms. The first-order chi connectivity index (χ1) is 12.1. The Kier molecular flexibility index (Phi) is 4.40. The van der Waals surface area contributed by atoms with Crippen molar-refractivity contribution < 1.29 is 27.5 Å². The van der Waals surface area contributed by atoms with E-state index in [2.05, 4.69) is 10.1 Å². The van der Waals surface area contributed by atoms with Crippen LogP contribution in [0.5, 0.6) is 5.75 Å². The lowest BCUT2D eigenvalue weighted by Crippen LogP contribution is -2.35. The number of hydrogen-bond acceptors (Lipinski definition) is 6. The highest BCUT2D eigenvalue weighted by atomic mass is 32.2. The van der Waals surface area contributed by atoms with Crippen LogP contribution in [0.25, 0.3) is 6.08 Å². The summed E-state index contributed by atoms with van der Waals surface area (Å²) < 4.78 is 43.1. The lowest BCUT2D eigenvalue weighted by Gasteiger charge is -2.20. The molecule has 7 nitrogen and oxygen atoms in total. The van der Waals surface area contributed by atoms with E-state index in [4.69, 9.17) is 10.1 Å². The number of esters is 1. The summed E-state index contributed by atoms with van der Waals surface area (Å²) in [7, 11) is 0. The van der Waals surface area contributed by atoms with Gasteiger partial charge < -0.3 is 4.74 Å². The molecule has 26 heavy (non-hydrogen) atoms. The third-order valence-electron chi connectivity index (χ3n) is 3.15. The fourth-order valence-electron chi connectivity index (χ4n) is 2.07. The van der Waals surface area contributed by atoms with Crippen molar-refractivity contribution in [3.8, 4) is 5.75 Å². The number of nitrogens with one attached hydrogen (secondary N) is 1. The molecule has 1 N–H and O–H groups in total. The van der Waals surface area contributed by atoms with Crippen LogP contribution in [-0.4, -0.2) is 39.1 Å². The van der Waals surface area contributed by atoms with E-state index in [1.807, 2.05) is 0 Å². The van der Waals surface area contributed by atoms with Crippen LogP contribution in [0.15, 0.2) is 39.9 Å². The van der Waals surface area contributed by atoms with Crippen LogP contribution < -0.4 is 4.74 Å². The number of amidine groups is 2. The molecule has 0 fully saturated rings. The fraction of sp³-hybridized carbons (Fsp3) is 0.133. The number of nitrogens with zero attached hydrogens (tertiary/aromatic N) is 3. The maximum Gasteiger partial charge on any atom is 0.441 e. The van der Waals surface area contributed by atoms with Gasteiger partial charge in [-0.3, -0.25) is 15.0 Å². The van der Waals surface area contributed by atoms with Crippen molar-refractivity contribution in [2.75, 3.05) is 0 Å². The van der Waals surface area contributed by atoms with Gasteiger partial charge in [0.05, 0.1) is 5.57 Å². The molecule has 134 valence electrons. The van der Waals surface area contributed by atoms with E-state index in [9.17, 15) is 22.8 Å². The van der Waals surface area contributed by atoms with E-state index in [1.54, 1.807) is 0 Å². The third-order valence-corrected chi connectivity index (χ3v) is 4.10. The van der Waals surface area contributed by atoms with Crippen molar-refractivity contribution in [3.05, 3.63) is 35.4 Å². The van der Waals surface area contributed by atoms with Gasteiger partial charge in [0.15, 0.2) is 5.84 Å². The van der Waals surface area contributed by atoms with Crippen molar-refractivity contribution >= 4 is 45.8 Å². The zero-order valence-electron chi connectivity index (χ0n) is 13.0. The Balaban J connectivity index is 1.89. The summed E-state index contributed by atoms with van der Waals surface area (Å²) >= 11 is 0.189. The molecule has 0 spiro atoms. The van der Waals surface area contributed by atoms with Crippen molar-refractivity contribution in [1.29, 1.82) is 5.41 Å². The second-order valence-corrected chi connectivity index (χ2v) is 6.04. The molecule has 0 saturated heterocycles. The number of carbonyl (C=O) groups is 2. The zero-order valence-corrected chi connectivity index (χ0v) is 13.8. The maximum absolute atomic E-state index is 12.8. The number of carbonyl (C=O) groups excluding carboxylic acids is 2. The Labute approximate surface area is 148 Å². The first-order valence-corrected chi connectivity index (χ1v) is 7.82. The highest BCUT2D eigenvalue weighted by molar-refractivity contribution is 8.27. The molecule has 1 amide bonds. The number of fused-ring (bicyclic) bond motifs is 1. The van der Waals surface area contributed by atoms with Crippen LogP contribution in [0.2, 0.25) is 0 Å². The van der Waals surface area contributed by atoms with E-state index in [0.717, 1.165) is 0 Å². The third kappa shape index (κ3) is 3.52. The number of alkyl halides is 3. The molecular weight excluding hydrogens is 373 g/mol. The molecule has 0 aromatic heterocycles. The highest BCUT2D eigenvalue weighted by Gasteiger charge is 2.46. The van der Waals surface area contributed by atoms with E-state index in [-0.39, 0.29) is 22.5 Å². The lowest BCUT2D eigenvalue weighted by atomic mass is 10.1. The predicted octanol–water partition coefficient (Wildman–Crippen LogP) is 2.79. The van der Waals surface area contributed by atoms with Crippen LogP contribution in [0, 0.1) is 5.41 Å². The smallest absolute Gasteiger partial charge is 0.427 e. The van der Waals surface area contributed by atoms with Gasteiger partial charge in [-0.1, -0.05) is 12.1 Å². The summed E-state index contributed by atoms with van der Waals surface area (Å²) in [6.07, 6.45) is -3.39. The van der Waals surface area contributed by atoms with Crippen LogP contribution >= 0.6 is 11.8 Å². The molecule has 2 heterocycles. The van der Waals surface area contributed by atoms with Crippen molar-refractivity contribution in [2.45, 2.75) is 13.1 Å². The molecule has 2 aliphatic heterocycles. The number of benzene rings is 1. The largest absolute Gasteiger partial charge is 0.441 e. The molecule has 1 aromatic carbocycles. The van der Waals surface area contributed by atoms with Crippen LogP contribution in [0.1, 0.15) is 12.5 Å². The number of halogens is 3.